The molecule has 2 heteroatoms. The molecule has 1 heterocycles. The van der Waals surface area contributed by atoms with Gasteiger partial charge in [0.15, 0.2) is 0 Å². The number of hydrogen-bond acceptors (Lipinski definition) is 2. The van der Waals surface area contributed by atoms with Gasteiger partial charge in [-0.1, -0.05) is 48.6 Å². The normalized spacial score (nSPS) is 11.0. The van der Waals surface area contributed by atoms with E-state index in [1.807, 2.05) is 6.07 Å². The lowest BCUT2D eigenvalue weighted by Gasteiger charge is -1.97. The fraction of sp³-hybridized carbons (Fsp3) is 0.143. The second-order valence-electron chi connectivity index (χ2n) is 3.52. The Labute approximate surface area is 100 Å². The minimum absolute atomic E-state index is 0.910. The smallest absolute Gasteiger partial charge is 0.0302 e. The van der Waals surface area contributed by atoms with Gasteiger partial charge in [0.2, 0.25) is 0 Å². The number of hydrogen-bond donors (Lipinski definition) is 1. The zero-order chi connectivity index (χ0) is 11.1. The highest BCUT2D eigenvalue weighted by Crippen LogP contribution is 2.07. The Bertz CT molecular complexity index is 417. The molecule has 0 atom stereocenters. The molecule has 0 aliphatic rings. The van der Waals surface area contributed by atoms with E-state index in [1.54, 1.807) is 11.3 Å². The van der Waals surface area contributed by atoms with Crippen molar-refractivity contribution in [3.63, 3.8) is 0 Å². The van der Waals surface area contributed by atoms with Crippen molar-refractivity contribution in [1.82, 2.24) is 5.32 Å². The molecule has 0 amide bonds. The predicted molar refractivity (Wildman–Crippen MR) is 71.5 cm³/mol. The largest absolute Gasteiger partial charge is 0.308 e. The first-order valence-electron chi connectivity index (χ1n) is 5.40. The van der Waals surface area contributed by atoms with Crippen LogP contribution in [0, 0.1) is 0 Å². The van der Waals surface area contributed by atoms with E-state index >= 15 is 0 Å². The molecule has 0 bridgehead atoms. The number of rotatable bonds is 5. The first kappa shape index (κ1) is 11.1. The third-order valence-electron chi connectivity index (χ3n) is 2.25. The average Bonchev–Trinajstić information content (AvgIpc) is 2.83. The lowest BCUT2D eigenvalue weighted by Crippen LogP contribution is -2.11. The molecular weight excluding hydrogens is 214 g/mol. The second kappa shape index (κ2) is 6.26. The summed E-state index contributed by atoms with van der Waals surface area (Å²) in [5, 5.41) is 5.49. The van der Waals surface area contributed by atoms with Gasteiger partial charge in [-0.15, -0.1) is 11.3 Å². The standard InChI is InChI=1S/C14H15NS/c1-2-6-13(7-3-1)8-4-10-15-12-14-9-5-11-16-14/h1-9,11,15H,10,12H2. The van der Waals surface area contributed by atoms with Crippen molar-refractivity contribution >= 4 is 17.4 Å². The van der Waals surface area contributed by atoms with Crippen LogP contribution in [0.25, 0.3) is 6.08 Å². The van der Waals surface area contributed by atoms with E-state index in [0.717, 1.165) is 13.1 Å². The summed E-state index contributed by atoms with van der Waals surface area (Å²) >= 11 is 1.79. The summed E-state index contributed by atoms with van der Waals surface area (Å²) in [4.78, 5) is 1.38. The average molecular weight is 229 g/mol. The first-order chi connectivity index (χ1) is 7.95. The maximum Gasteiger partial charge on any atom is 0.0302 e. The lowest BCUT2D eigenvalue weighted by atomic mass is 10.2. The summed E-state index contributed by atoms with van der Waals surface area (Å²) in [5.41, 5.74) is 1.25. The van der Waals surface area contributed by atoms with Crippen molar-refractivity contribution in [2.75, 3.05) is 6.54 Å². The summed E-state index contributed by atoms with van der Waals surface area (Å²) < 4.78 is 0. The van der Waals surface area contributed by atoms with Gasteiger partial charge in [-0.25, -0.2) is 0 Å². The summed E-state index contributed by atoms with van der Waals surface area (Å²) in [6.07, 6.45) is 4.30. The van der Waals surface area contributed by atoms with Crippen LogP contribution in [-0.4, -0.2) is 6.54 Å². The predicted octanol–water partition coefficient (Wildman–Crippen LogP) is 3.55. The molecule has 0 aliphatic carbocycles. The zero-order valence-electron chi connectivity index (χ0n) is 9.10. The summed E-state index contributed by atoms with van der Waals surface area (Å²) in [5.74, 6) is 0. The van der Waals surface area contributed by atoms with Crippen molar-refractivity contribution in [1.29, 1.82) is 0 Å². The maximum absolute atomic E-state index is 3.38. The molecule has 0 saturated heterocycles. The molecule has 0 aliphatic heterocycles. The quantitative estimate of drug-likeness (QED) is 0.773. The van der Waals surface area contributed by atoms with Crippen molar-refractivity contribution in [2.24, 2.45) is 0 Å². The van der Waals surface area contributed by atoms with Gasteiger partial charge in [0.1, 0.15) is 0 Å². The highest BCUT2D eigenvalue weighted by Gasteiger charge is 1.90. The van der Waals surface area contributed by atoms with Crippen molar-refractivity contribution < 1.29 is 0 Å². The Kier molecular flexibility index (Phi) is 4.35. The van der Waals surface area contributed by atoms with Gasteiger partial charge in [0.25, 0.3) is 0 Å². The van der Waals surface area contributed by atoms with E-state index in [-0.39, 0.29) is 0 Å². The fourth-order valence-corrected chi connectivity index (χ4v) is 2.13. The molecule has 0 saturated carbocycles. The third-order valence-corrected chi connectivity index (χ3v) is 3.13. The number of nitrogens with one attached hydrogen (secondary N) is 1. The Morgan fingerprint density at radius 1 is 1.06 bits per heavy atom. The zero-order valence-corrected chi connectivity index (χ0v) is 9.91. The second-order valence-corrected chi connectivity index (χ2v) is 4.56. The highest BCUT2D eigenvalue weighted by molar-refractivity contribution is 7.09. The van der Waals surface area contributed by atoms with Gasteiger partial charge in [-0.05, 0) is 17.0 Å². The lowest BCUT2D eigenvalue weighted by molar-refractivity contribution is 0.771. The Balaban J connectivity index is 1.70. The topological polar surface area (TPSA) is 12.0 Å². The SMILES string of the molecule is C(=Cc1ccccc1)CNCc1cccs1. The first-order valence-corrected chi connectivity index (χ1v) is 6.28. The van der Waals surface area contributed by atoms with Gasteiger partial charge in [0.05, 0.1) is 0 Å². The molecule has 16 heavy (non-hydrogen) atoms. The van der Waals surface area contributed by atoms with Gasteiger partial charge in [0, 0.05) is 18.0 Å². The highest BCUT2D eigenvalue weighted by atomic mass is 32.1. The van der Waals surface area contributed by atoms with Crippen molar-refractivity contribution in [3.05, 3.63) is 64.4 Å². The molecule has 2 rings (SSSR count). The minimum Gasteiger partial charge on any atom is -0.308 e. The van der Waals surface area contributed by atoms with E-state index in [0.29, 0.717) is 0 Å². The van der Waals surface area contributed by atoms with Gasteiger partial charge >= 0.3 is 0 Å². The third kappa shape index (κ3) is 3.65. The summed E-state index contributed by atoms with van der Waals surface area (Å²) in [6, 6.07) is 14.6. The van der Waals surface area contributed by atoms with Crippen LogP contribution in [-0.2, 0) is 6.54 Å². The maximum atomic E-state index is 3.38. The molecule has 1 aromatic heterocycles. The number of thiophene rings is 1. The molecule has 0 fully saturated rings. The Hall–Kier alpha value is -1.38. The van der Waals surface area contributed by atoms with Crippen LogP contribution in [0.15, 0.2) is 53.9 Å². The van der Waals surface area contributed by atoms with Crippen LogP contribution in [0.1, 0.15) is 10.4 Å². The van der Waals surface area contributed by atoms with Crippen molar-refractivity contribution in [3.8, 4) is 0 Å². The molecule has 82 valence electrons. The Morgan fingerprint density at radius 3 is 2.69 bits per heavy atom. The van der Waals surface area contributed by atoms with E-state index in [1.165, 1.54) is 10.4 Å². The van der Waals surface area contributed by atoms with E-state index in [9.17, 15) is 0 Å². The minimum atomic E-state index is 0.910. The molecule has 1 N–H and O–H groups in total. The molecule has 1 aromatic carbocycles. The monoisotopic (exact) mass is 229 g/mol. The van der Waals surface area contributed by atoms with E-state index in [2.05, 4.69) is 59.2 Å². The molecule has 2 aromatic rings. The molecule has 0 spiro atoms. The molecule has 0 unspecified atom stereocenters. The van der Waals surface area contributed by atoms with Gasteiger partial charge in [-0.2, -0.15) is 0 Å². The summed E-state index contributed by atoms with van der Waals surface area (Å²) in [7, 11) is 0. The van der Waals surface area contributed by atoms with Crippen LogP contribution in [0.4, 0.5) is 0 Å². The van der Waals surface area contributed by atoms with Crippen LogP contribution < -0.4 is 5.32 Å². The van der Waals surface area contributed by atoms with Gasteiger partial charge in [-0.3, -0.25) is 0 Å². The number of benzene rings is 1. The van der Waals surface area contributed by atoms with Crippen LogP contribution in [0.5, 0.6) is 0 Å². The molecule has 1 nitrogen and oxygen atoms in total. The molecule has 0 radical (unpaired) electrons. The Morgan fingerprint density at radius 2 is 1.94 bits per heavy atom. The van der Waals surface area contributed by atoms with Crippen molar-refractivity contribution in [2.45, 2.75) is 6.54 Å². The van der Waals surface area contributed by atoms with Gasteiger partial charge < -0.3 is 5.32 Å². The van der Waals surface area contributed by atoms with Crippen LogP contribution >= 0.6 is 11.3 Å². The molecular formula is C14H15NS. The van der Waals surface area contributed by atoms with E-state index < -0.39 is 0 Å². The fourth-order valence-electron chi connectivity index (χ4n) is 1.45. The van der Waals surface area contributed by atoms with Crippen LogP contribution in [0.3, 0.4) is 0 Å². The van der Waals surface area contributed by atoms with E-state index in [4.69, 9.17) is 0 Å². The van der Waals surface area contributed by atoms with Crippen LogP contribution in [0.2, 0.25) is 0 Å². The summed E-state index contributed by atoms with van der Waals surface area (Å²) in [6.45, 7) is 1.86.